The summed E-state index contributed by atoms with van der Waals surface area (Å²) in [6.07, 6.45) is -0.698. The molecule has 0 saturated heterocycles. The first-order valence-corrected chi connectivity index (χ1v) is 5.71. The highest BCUT2D eigenvalue weighted by molar-refractivity contribution is 5.81. The predicted molar refractivity (Wildman–Crippen MR) is 67.4 cm³/mol. The summed E-state index contributed by atoms with van der Waals surface area (Å²) in [6, 6.07) is 8.35. The second kappa shape index (κ2) is 8.10. The Balaban J connectivity index is 2.42. The molecule has 0 saturated carbocycles. The summed E-state index contributed by atoms with van der Waals surface area (Å²) >= 11 is 0. The summed E-state index contributed by atoms with van der Waals surface area (Å²) in [5.74, 6) is -0.585. The maximum Gasteiger partial charge on any atom is 0.408 e. The van der Waals surface area contributed by atoms with Gasteiger partial charge in [0.15, 0.2) is 6.04 Å². The van der Waals surface area contributed by atoms with E-state index in [-0.39, 0.29) is 13.2 Å². The summed E-state index contributed by atoms with van der Waals surface area (Å²) in [7, 11) is 2.66. The molecule has 0 aliphatic heterocycles. The number of hydrogen-bond acceptors (Lipinski definition) is 5. The van der Waals surface area contributed by atoms with E-state index in [1.165, 1.54) is 14.2 Å². The molecule has 6 nitrogen and oxygen atoms in total. The fourth-order valence-corrected chi connectivity index (χ4v) is 1.38. The lowest BCUT2D eigenvalue weighted by Crippen LogP contribution is -2.44. The van der Waals surface area contributed by atoms with E-state index in [0.717, 1.165) is 5.56 Å². The molecule has 1 rings (SSSR count). The lowest BCUT2D eigenvalue weighted by molar-refractivity contribution is -0.144. The van der Waals surface area contributed by atoms with Crippen LogP contribution >= 0.6 is 0 Å². The molecule has 0 heterocycles. The maximum absolute atomic E-state index is 11.5. The molecule has 1 aromatic carbocycles. The van der Waals surface area contributed by atoms with Crippen molar-refractivity contribution in [1.29, 1.82) is 0 Å². The van der Waals surface area contributed by atoms with E-state index < -0.39 is 18.1 Å². The van der Waals surface area contributed by atoms with E-state index in [1.54, 1.807) is 0 Å². The number of alkyl carbamates (subject to hydrolysis) is 1. The van der Waals surface area contributed by atoms with Crippen molar-refractivity contribution >= 4 is 12.1 Å². The molecule has 0 aliphatic rings. The molecule has 1 atom stereocenters. The van der Waals surface area contributed by atoms with Gasteiger partial charge in [-0.15, -0.1) is 0 Å². The Labute approximate surface area is 111 Å². The molecule has 0 aliphatic carbocycles. The highest BCUT2D eigenvalue weighted by Gasteiger charge is 2.21. The number of carbonyl (C=O) groups excluding carboxylic acids is 2. The van der Waals surface area contributed by atoms with Gasteiger partial charge in [-0.2, -0.15) is 0 Å². The van der Waals surface area contributed by atoms with E-state index in [0.29, 0.717) is 0 Å². The molecular weight excluding hydrogens is 250 g/mol. The maximum atomic E-state index is 11.5. The Morgan fingerprint density at radius 2 is 1.89 bits per heavy atom. The first kappa shape index (κ1) is 15.0. The number of carbonyl (C=O) groups is 2. The Morgan fingerprint density at radius 1 is 1.21 bits per heavy atom. The Bertz CT molecular complexity index is 407. The van der Waals surface area contributed by atoms with Gasteiger partial charge in [0.25, 0.3) is 0 Å². The van der Waals surface area contributed by atoms with Gasteiger partial charge in [0.1, 0.15) is 6.61 Å². The smallest absolute Gasteiger partial charge is 0.408 e. The van der Waals surface area contributed by atoms with Gasteiger partial charge in [0, 0.05) is 7.11 Å². The van der Waals surface area contributed by atoms with Crippen molar-refractivity contribution in [2.24, 2.45) is 0 Å². The van der Waals surface area contributed by atoms with Crippen LogP contribution in [0.2, 0.25) is 0 Å². The van der Waals surface area contributed by atoms with Crippen LogP contribution in [0.25, 0.3) is 0 Å². The lowest BCUT2D eigenvalue weighted by atomic mass is 10.2. The molecule has 0 bridgehead atoms. The number of hydrogen-bond donors (Lipinski definition) is 1. The topological polar surface area (TPSA) is 73.9 Å². The predicted octanol–water partition coefficient (Wildman–Crippen LogP) is 1.10. The molecule has 1 amide bonds. The number of methoxy groups -OCH3 is 2. The monoisotopic (exact) mass is 267 g/mol. The van der Waals surface area contributed by atoms with Gasteiger partial charge < -0.3 is 19.5 Å². The first-order chi connectivity index (χ1) is 9.17. The largest absolute Gasteiger partial charge is 0.467 e. The number of benzene rings is 1. The molecule has 1 N–H and O–H groups in total. The van der Waals surface area contributed by atoms with Gasteiger partial charge in [-0.1, -0.05) is 30.3 Å². The molecule has 104 valence electrons. The summed E-state index contributed by atoms with van der Waals surface area (Å²) in [5.41, 5.74) is 0.860. The second-order valence-corrected chi connectivity index (χ2v) is 3.74. The van der Waals surface area contributed by atoms with E-state index >= 15 is 0 Å². The average molecular weight is 267 g/mol. The minimum absolute atomic E-state index is 0.0209. The summed E-state index contributed by atoms with van der Waals surface area (Å²) in [5, 5.41) is 2.38. The van der Waals surface area contributed by atoms with E-state index in [2.05, 4.69) is 10.1 Å². The summed E-state index contributed by atoms with van der Waals surface area (Å²) in [4.78, 5) is 22.9. The van der Waals surface area contributed by atoms with E-state index in [9.17, 15) is 9.59 Å². The van der Waals surface area contributed by atoms with Gasteiger partial charge in [-0.05, 0) is 5.56 Å². The van der Waals surface area contributed by atoms with E-state index in [4.69, 9.17) is 9.47 Å². The summed E-state index contributed by atoms with van der Waals surface area (Å²) in [6.45, 7) is 0.153. The zero-order valence-electron chi connectivity index (χ0n) is 10.9. The molecule has 1 aromatic rings. The van der Waals surface area contributed by atoms with Gasteiger partial charge in [0.05, 0.1) is 13.7 Å². The highest BCUT2D eigenvalue weighted by atomic mass is 16.6. The van der Waals surface area contributed by atoms with Crippen LogP contribution in [-0.2, 0) is 25.6 Å². The van der Waals surface area contributed by atoms with Crippen molar-refractivity contribution in [2.75, 3.05) is 20.8 Å². The minimum atomic E-state index is -0.877. The van der Waals surface area contributed by atoms with Crippen LogP contribution in [-0.4, -0.2) is 38.9 Å². The van der Waals surface area contributed by atoms with Crippen molar-refractivity contribution in [1.82, 2.24) is 5.32 Å². The normalized spacial score (nSPS) is 11.5. The molecule has 0 radical (unpaired) electrons. The van der Waals surface area contributed by atoms with Crippen molar-refractivity contribution < 1.29 is 23.8 Å². The molecular formula is C13H17NO5. The van der Waals surface area contributed by atoms with Crippen LogP contribution in [0.1, 0.15) is 5.56 Å². The molecule has 19 heavy (non-hydrogen) atoms. The fourth-order valence-electron chi connectivity index (χ4n) is 1.38. The Morgan fingerprint density at radius 3 is 2.47 bits per heavy atom. The molecule has 1 unspecified atom stereocenters. The van der Waals surface area contributed by atoms with Crippen LogP contribution < -0.4 is 5.32 Å². The minimum Gasteiger partial charge on any atom is -0.467 e. The van der Waals surface area contributed by atoms with Crippen molar-refractivity contribution in [2.45, 2.75) is 12.6 Å². The van der Waals surface area contributed by atoms with Crippen molar-refractivity contribution in [3.05, 3.63) is 35.9 Å². The summed E-state index contributed by atoms with van der Waals surface area (Å²) < 4.78 is 14.3. The third kappa shape index (κ3) is 5.39. The highest BCUT2D eigenvalue weighted by Crippen LogP contribution is 2.01. The van der Waals surface area contributed by atoms with Crippen LogP contribution in [0.5, 0.6) is 0 Å². The zero-order valence-corrected chi connectivity index (χ0v) is 10.9. The molecule has 0 spiro atoms. The fraction of sp³-hybridized carbons (Fsp3) is 0.385. The quantitative estimate of drug-likeness (QED) is 0.781. The van der Waals surface area contributed by atoms with E-state index in [1.807, 2.05) is 30.3 Å². The number of rotatable bonds is 6. The van der Waals surface area contributed by atoms with Crippen molar-refractivity contribution in [3.8, 4) is 0 Å². The lowest BCUT2D eigenvalue weighted by Gasteiger charge is -2.15. The molecule has 0 fully saturated rings. The number of nitrogens with one attached hydrogen (secondary N) is 1. The van der Waals surface area contributed by atoms with Gasteiger partial charge in [0.2, 0.25) is 0 Å². The number of esters is 1. The van der Waals surface area contributed by atoms with Crippen LogP contribution in [0.15, 0.2) is 30.3 Å². The zero-order chi connectivity index (χ0) is 14.1. The average Bonchev–Trinajstić information content (AvgIpc) is 2.45. The molecule has 6 heteroatoms. The third-order valence-electron chi connectivity index (χ3n) is 2.32. The number of amides is 1. The Hall–Kier alpha value is -2.08. The third-order valence-corrected chi connectivity index (χ3v) is 2.32. The van der Waals surface area contributed by atoms with Crippen LogP contribution in [0.3, 0.4) is 0 Å². The SMILES string of the molecule is COCC(NC(=O)OCc1ccccc1)C(=O)OC. The van der Waals surface area contributed by atoms with Gasteiger partial charge >= 0.3 is 12.1 Å². The van der Waals surface area contributed by atoms with Crippen LogP contribution in [0, 0.1) is 0 Å². The van der Waals surface area contributed by atoms with Crippen LogP contribution in [0.4, 0.5) is 4.79 Å². The van der Waals surface area contributed by atoms with Crippen molar-refractivity contribution in [3.63, 3.8) is 0 Å². The Kier molecular flexibility index (Phi) is 6.38. The standard InChI is InChI=1S/C13H17NO5/c1-17-9-11(12(15)18-2)14-13(16)19-8-10-6-4-3-5-7-10/h3-7,11H,8-9H2,1-2H3,(H,14,16). The van der Waals surface area contributed by atoms with Gasteiger partial charge in [-0.25, -0.2) is 9.59 Å². The number of ether oxygens (including phenoxy) is 3. The molecule has 0 aromatic heterocycles. The first-order valence-electron chi connectivity index (χ1n) is 5.71. The van der Waals surface area contributed by atoms with Gasteiger partial charge in [-0.3, -0.25) is 0 Å². The second-order valence-electron chi connectivity index (χ2n) is 3.74.